The second kappa shape index (κ2) is 4.97. The molecule has 0 N–H and O–H groups in total. The van der Waals surface area contributed by atoms with E-state index in [0.29, 0.717) is 5.56 Å². The third-order valence-electron chi connectivity index (χ3n) is 2.11. The molecular formula is C13H7NO4. The Balaban J connectivity index is 2.17. The first-order valence-corrected chi connectivity index (χ1v) is 5.02. The van der Waals surface area contributed by atoms with Crippen LogP contribution in [-0.2, 0) is 0 Å². The highest BCUT2D eigenvalue weighted by Gasteiger charge is 2.10. The fourth-order valence-electron chi connectivity index (χ4n) is 1.27. The van der Waals surface area contributed by atoms with Crippen LogP contribution >= 0.6 is 0 Å². The molecule has 88 valence electrons. The number of rotatable bonds is 2. The van der Waals surface area contributed by atoms with Crippen molar-refractivity contribution >= 4 is 11.7 Å². The minimum absolute atomic E-state index is 0.0889. The van der Waals surface area contributed by atoms with E-state index in [-0.39, 0.29) is 11.5 Å². The molecule has 5 nitrogen and oxygen atoms in total. The van der Waals surface area contributed by atoms with Gasteiger partial charge in [0.05, 0.1) is 6.07 Å². The maximum atomic E-state index is 11.6. The Morgan fingerprint density at radius 3 is 2.50 bits per heavy atom. The van der Waals surface area contributed by atoms with Crippen molar-refractivity contribution in [2.24, 2.45) is 0 Å². The molecule has 1 aromatic carbocycles. The molecule has 0 saturated heterocycles. The first-order chi connectivity index (χ1) is 8.66. The predicted molar refractivity (Wildman–Crippen MR) is 63.0 cm³/mol. The van der Waals surface area contributed by atoms with E-state index in [1.54, 1.807) is 30.3 Å². The van der Waals surface area contributed by atoms with Crippen molar-refractivity contribution in [3.05, 3.63) is 63.9 Å². The van der Waals surface area contributed by atoms with E-state index in [2.05, 4.69) is 11.8 Å². The van der Waals surface area contributed by atoms with E-state index < -0.39 is 10.8 Å². The minimum atomic E-state index is -0.663. The van der Waals surface area contributed by atoms with Crippen molar-refractivity contribution in [1.82, 2.24) is 0 Å². The highest BCUT2D eigenvalue weighted by molar-refractivity contribution is 6.09. The highest BCUT2D eigenvalue weighted by Crippen LogP contribution is 2.14. The van der Waals surface area contributed by atoms with E-state index in [1.165, 1.54) is 12.1 Å². The van der Waals surface area contributed by atoms with Crippen LogP contribution in [0.2, 0.25) is 0 Å². The molecule has 2 rings (SSSR count). The summed E-state index contributed by atoms with van der Waals surface area (Å²) in [6.07, 6.45) is 0. The summed E-state index contributed by atoms with van der Waals surface area (Å²) in [6, 6.07) is 11.1. The van der Waals surface area contributed by atoms with Crippen molar-refractivity contribution in [1.29, 1.82) is 0 Å². The van der Waals surface area contributed by atoms with Gasteiger partial charge in [0.25, 0.3) is 0 Å². The van der Waals surface area contributed by atoms with E-state index in [4.69, 9.17) is 4.42 Å². The van der Waals surface area contributed by atoms with Gasteiger partial charge in [-0.1, -0.05) is 30.3 Å². The number of ketones is 1. The molecular weight excluding hydrogens is 234 g/mol. The van der Waals surface area contributed by atoms with Gasteiger partial charge in [-0.2, -0.15) is 0 Å². The lowest BCUT2D eigenvalue weighted by Gasteiger charge is -1.89. The molecule has 2 aromatic rings. The number of carbonyl (C=O) groups is 1. The Bertz CT molecular complexity index is 646. The lowest BCUT2D eigenvalue weighted by molar-refractivity contribution is -0.402. The van der Waals surface area contributed by atoms with Gasteiger partial charge in [-0.05, 0) is 11.8 Å². The van der Waals surface area contributed by atoms with Crippen LogP contribution in [0.25, 0.3) is 0 Å². The van der Waals surface area contributed by atoms with Gasteiger partial charge in [0.1, 0.15) is 4.92 Å². The monoisotopic (exact) mass is 241 g/mol. The fraction of sp³-hybridized carbons (Fsp3) is 0. The topological polar surface area (TPSA) is 73.3 Å². The quantitative estimate of drug-likeness (QED) is 0.350. The molecule has 0 unspecified atom stereocenters. The first kappa shape index (κ1) is 11.6. The Morgan fingerprint density at radius 2 is 1.89 bits per heavy atom. The first-order valence-electron chi connectivity index (χ1n) is 5.02. The smallest absolute Gasteiger partial charge is 0.392 e. The van der Waals surface area contributed by atoms with Crippen LogP contribution in [0.4, 0.5) is 5.88 Å². The van der Waals surface area contributed by atoms with Crippen molar-refractivity contribution in [3.8, 4) is 11.8 Å². The summed E-state index contributed by atoms with van der Waals surface area (Å²) in [5.74, 6) is 4.14. The van der Waals surface area contributed by atoms with E-state index in [1.807, 2.05) is 0 Å². The van der Waals surface area contributed by atoms with Crippen molar-refractivity contribution in [3.63, 3.8) is 0 Å². The maximum Gasteiger partial charge on any atom is 0.434 e. The average Bonchev–Trinajstić information content (AvgIpc) is 2.86. The van der Waals surface area contributed by atoms with Gasteiger partial charge >= 0.3 is 5.88 Å². The molecule has 0 aliphatic carbocycles. The van der Waals surface area contributed by atoms with E-state index >= 15 is 0 Å². The fourth-order valence-corrected chi connectivity index (χ4v) is 1.27. The van der Waals surface area contributed by atoms with Gasteiger partial charge < -0.3 is 4.42 Å². The molecule has 0 aliphatic rings. The standard InChI is InChI=1S/C13H7NO4/c15-12(10-4-2-1-3-5-10)8-6-11-7-9-13(18-11)14(16)17/h1-5,7,9H. The van der Waals surface area contributed by atoms with Crippen LogP contribution in [0, 0.1) is 22.0 Å². The van der Waals surface area contributed by atoms with Gasteiger partial charge in [-0.25, -0.2) is 0 Å². The van der Waals surface area contributed by atoms with E-state index in [0.717, 1.165) is 0 Å². The minimum Gasteiger partial charge on any atom is -0.392 e. The maximum absolute atomic E-state index is 11.6. The van der Waals surface area contributed by atoms with Gasteiger partial charge in [0, 0.05) is 11.6 Å². The lowest BCUT2D eigenvalue weighted by Crippen LogP contribution is -1.93. The summed E-state index contributed by atoms with van der Waals surface area (Å²) < 4.78 is 4.81. The van der Waals surface area contributed by atoms with Crippen LogP contribution < -0.4 is 0 Å². The number of nitrogens with zero attached hydrogens (tertiary/aromatic N) is 1. The summed E-state index contributed by atoms with van der Waals surface area (Å²) in [4.78, 5) is 21.3. The molecule has 0 saturated carbocycles. The zero-order valence-electron chi connectivity index (χ0n) is 9.12. The largest absolute Gasteiger partial charge is 0.434 e. The number of benzene rings is 1. The van der Waals surface area contributed by atoms with Crippen LogP contribution in [0.3, 0.4) is 0 Å². The molecule has 0 spiro atoms. The predicted octanol–water partition coefficient (Wildman–Crippen LogP) is 2.42. The van der Waals surface area contributed by atoms with Crippen LogP contribution in [0.5, 0.6) is 0 Å². The van der Waals surface area contributed by atoms with Gasteiger partial charge in [-0.15, -0.1) is 0 Å². The van der Waals surface area contributed by atoms with Crippen LogP contribution in [0.15, 0.2) is 46.9 Å². The Morgan fingerprint density at radius 1 is 1.17 bits per heavy atom. The van der Waals surface area contributed by atoms with Gasteiger partial charge in [0.15, 0.2) is 5.76 Å². The van der Waals surface area contributed by atoms with Crippen molar-refractivity contribution in [2.45, 2.75) is 0 Å². The van der Waals surface area contributed by atoms with Gasteiger partial charge in [-0.3, -0.25) is 14.9 Å². The molecule has 0 aliphatic heterocycles. The van der Waals surface area contributed by atoms with Crippen molar-refractivity contribution < 1.29 is 14.1 Å². The molecule has 1 aromatic heterocycles. The second-order valence-electron chi connectivity index (χ2n) is 3.34. The summed E-state index contributed by atoms with van der Waals surface area (Å²) in [6.45, 7) is 0. The molecule has 5 heteroatoms. The number of furan rings is 1. The second-order valence-corrected chi connectivity index (χ2v) is 3.34. The molecule has 18 heavy (non-hydrogen) atoms. The normalized spacial score (nSPS) is 9.33. The number of nitro groups is 1. The van der Waals surface area contributed by atoms with Crippen LogP contribution in [-0.4, -0.2) is 10.7 Å². The molecule has 0 radical (unpaired) electrons. The Hall–Kier alpha value is -2.87. The summed E-state index contributed by atoms with van der Waals surface area (Å²) in [7, 11) is 0. The molecule has 0 amide bonds. The number of hydrogen-bond donors (Lipinski definition) is 0. The number of hydrogen-bond acceptors (Lipinski definition) is 4. The SMILES string of the molecule is O=C(C#Cc1ccc([N+](=O)[O-])o1)c1ccccc1. The Labute approximate surface area is 102 Å². The summed E-state index contributed by atoms with van der Waals surface area (Å²) in [5, 5.41) is 10.4. The summed E-state index contributed by atoms with van der Waals surface area (Å²) in [5.41, 5.74) is 0.464. The lowest BCUT2D eigenvalue weighted by atomic mass is 10.1. The number of Topliss-reactive ketones (excluding diaryl/α,β-unsaturated/α-hetero) is 1. The Kier molecular flexibility index (Phi) is 3.21. The molecule has 0 fully saturated rings. The van der Waals surface area contributed by atoms with Gasteiger partial charge in [0.2, 0.25) is 5.78 Å². The molecule has 0 bridgehead atoms. The third kappa shape index (κ3) is 2.62. The van der Waals surface area contributed by atoms with E-state index in [9.17, 15) is 14.9 Å². The zero-order chi connectivity index (χ0) is 13.0. The van der Waals surface area contributed by atoms with Crippen molar-refractivity contribution in [2.75, 3.05) is 0 Å². The average molecular weight is 241 g/mol. The highest BCUT2D eigenvalue weighted by atomic mass is 16.6. The number of carbonyl (C=O) groups excluding carboxylic acids is 1. The zero-order valence-corrected chi connectivity index (χ0v) is 9.12. The summed E-state index contributed by atoms with van der Waals surface area (Å²) >= 11 is 0. The van der Waals surface area contributed by atoms with Crippen LogP contribution in [0.1, 0.15) is 16.1 Å². The molecule has 1 heterocycles. The third-order valence-corrected chi connectivity index (χ3v) is 2.11. The molecule has 0 atom stereocenters.